The molecule has 0 unspecified atom stereocenters. The van der Waals surface area contributed by atoms with Crippen molar-refractivity contribution in [2.45, 2.75) is 6.42 Å². The quantitative estimate of drug-likeness (QED) is 0.355. The molecule has 0 aliphatic rings. The molecule has 28 heavy (non-hydrogen) atoms. The first-order valence-electron chi connectivity index (χ1n) is 8.25. The summed E-state index contributed by atoms with van der Waals surface area (Å²) in [7, 11) is 1.35. The van der Waals surface area contributed by atoms with E-state index >= 15 is 0 Å². The first kappa shape index (κ1) is 20.6. The molecule has 2 aromatic carbocycles. The molecular weight excluding hydrogens is 435 g/mol. The summed E-state index contributed by atoms with van der Waals surface area (Å²) in [6.45, 7) is 0. The van der Waals surface area contributed by atoms with E-state index in [4.69, 9.17) is 40.2 Å². The lowest BCUT2D eigenvalue weighted by Gasteiger charge is -2.12. The Morgan fingerprint density at radius 1 is 1.11 bits per heavy atom. The lowest BCUT2D eigenvalue weighted by atomic mass is 10.1. The molecule has 8 heteroatoms. The number of rotatable bonds is 5. The van der Waals surface area contributed by atoms with Gasteiger partial charge in [0.2, 0.25) is 0 Å². The Bertz CT molecular complexity index is 1010. The molecular formula is C20H16Cl2N2O2S2. The maximum atomic E-state index is 12.2. The molecule has 4 nitrogen and oxygen atoms in total. The molecule has 0 saturated heterocycles. The number of hydrogen-bond donors (Lipinski definition) is 2. The molecule has 144 valence electrons. The van der Waals surface area contributed by atoms with Gasteiger partial charge in [-0.05, 0) is 36.0 Å². The Labute approximate surface area is 182 Å². The van der Waals surface area contributed by atoms with E-state index in [0.717, 1.165) is 10.4 Å². The molecule has 1 heterocycles. The summed E-state index contributed by atoms with van der Waals surface area (Å²) in [6.07, 6.45) is 0.706. The van der Waals surface area contributed by atoms with Crippen LogP contribution in [-0.4, -0.2) is 18.2 Å². The van der Waals surface area contributed by atoms with Crippen LogP contribution in [0.3, 0.4) is 0 Å². The number of thiocarbonyl (C=S) groups is 1. The standard InChI is InChI=1S/C20H16Cl2N2O2S2/c1-26-19(25)14-11-13(10-12-6-3-2-4-7-12)28-18(14)24-20(27)23-16-9-5-8-15(21)17(16)22/h2-9,11H,10H2,1H3,(H2,23,24,27). The highest BCUT2D eigenvalue weighted by Crippen LogP contribution is 2.32. The van der Waals surface area contributed by atoms with Crippen LogP contribution in [-0.2, 0) is 11.2 Å². The van der Waals surface area contributed by atoms with Gasteiger partial charge >= 0.3 is 5.97 Å². The number of esters is 1. The molecule has 0 spiro atoms. The summed E-state index contributed by atoms with van der Waals surface area (Å²) >= 11 is 19.0. The van der Waals surface area contributed by atoms with Gasteiger partial charge in [0.1, 0.15) is 5.00 Å². The third kappa shape index (κ3) is 5.02. The van der Waals surface area contributed by atoms with Gasteiger partial charge < -0.3 is 15.4 Å². The fraction of sp³-hybridized carbons (Fsp3) is 0.100. The number of benzene rings is 2. The van der Waals surface area contributed by atoms with E-state index < -0.39 is 5.97 Å². The molecule has 0 aliphatic heterocycles. The van der Waals surface area contributed by atoms with E-state index in [1.165, 1.54) is 18.4 Å². The van der Waals surface area contributed by atoms with Gasteiger partial charge in [-0.15, -0.1) is 11.3 Å². The van der Waals surface area contributed by atoms with Crippen molar-refractivity contribution in [1.82, 2.24) is 0 Å². The first-order valence-corrected chi connectivity index (χ1v) is 10.2. The van der Waals surface area contributed by atoms with Crippen LogP contribution in [0.4, 0.5) is 10.7 Å². The molecule has 0 fully saturated rings. The largest absolute Gasteiger partial charge is 0.465 e. The van der Waals surface area contributed by atoms with Crippen molar-refractivity contribution in [1.29, 1.82) is 0 Å². The predicted molar refractivity (Wildman–Crippen MR) is 121 cm³/mol. The van der Waals surface area contributed by atoms with Crippen LogP contribution >= 0.6 is 46.8 Å². The summed E-state index contributed by atoms with van der Waals surface area (Å²) in [5.74, 6) is -0.429. The second kappa shape index (κ2) is 9.39. The number of hydrogen-bond acceptors (Lipinski definition) is 4. The number of methoxy groups -OCH3 is 1. The Hall–Kier alpha value is -2.12. The number of nitrogens with one attached hydrogen (secondary N) is 2. The molecule has 3 rings (SSSR count). The van der Waals surface area contributed by atoms with Crippen molar-refractivity contribution < 1.29 is 9.53 Å². The second-order valence-electron chi connectivity index (χ2n) is 5.79. The third-order valence-electron chi connectivity index (χ3n) is 3.84. The van der Waals surface area contributed by atoms with Crippen LogP contribution in [0, 0.1) is 0 Å². The number of carbonyl (C=O) groups excluding carboxylic acids is 1. The van der Waals surface area contributed by atoms with Crippen LogP contribution in [0.5, 0.6) is 0 Å². The minimum atomic E-state index is -0.429. The maximum absolute atomic E-state index is 12.2. The van der Waals surface area contributed by atoms with Crippen molar-refractivity contribution in [3.8, 4) is 0 Å². The van der Waals surface area contributed by atoms with E-state index in [9.17, 15) is 4.79 Å². The van der Waals surface area contributed by atoms with E-state index in [2.05, 4.69) is 10.6 Å². The summed E-state index contributed by atoms with van der Waals surface area (Å²) < 4.78 is 4.90. The molecule has 3 aromatic rings. The van der Waals surface area contributed by atoms with Gasteiger partial charge in [0.05, 0.1) is 28.4 Å². The molecule has 2 N–H and O–H groups in total. The molecule has 0 bridgehead atoms. The number of ether oxygens (including phenoxy) is 1. The van der Waals surface area contributed by atoms with Crippen molar-refractivity contribution >= 4 is 68.5 Å². The van der Waals surface area contributed by atoms with E-state index in [1.807, 2.05) is 36.4 Å². The molecule has 0 saturated carbocycles. The first-order chi connectivity index (χ1) is 13.5. The van der Waals surface area contributed by atoms with Gasteiger partial charge in [-0.25, -0.2) is 4.79 Å². The SMILES string of the molecule is COC(=O)c1cc(Cc2ccccc2)sc1NC(=S)Nc1cccc(Cl)c1Cl. The Kier molecular flexibility index (Phi) is 6.91. The van der Waals surface area contributed by atoms with Crippen molar-refractivity contribution in [2.75, 3.05) is 17.7 Å². The van der Waals surface area contributed by atoms with E-state index in [0.29, 0.717) is 37.8 Å². The monoisotopic (exact) mass is 450 g/mol. The second-order valence-corrected chi connectivity index (χ2v) is 8.12. The van der Waals surface area contributed by atoms with Crippen LogP contribution in [0.2, 0.25) is 10.0 Å². The molecule has 0 atom stereocenters. The summed E-state index contributed by atoms with van der Waals surface area (Å²) in [5, 5.41) is 7.76. The zero-order valence-electron chi connectivity index (χ0n) is 14.8. The zero-order valence-corrected chi connectivity index (χ0v) is 17.9. The summed E-state index contributed by atoms with van der Waals surface area (Å²) in [6, 6.07) is 17.1. The fourth-order valence-corrected chi connectivity index (χ4v) is 4.25. The highest BCUT2D eigenvalue weighted by Gasteiger charge is 2.18. The average molecular weight is 451 g/mol. The number of carbonyl (C=O) groups is 1. The molecule has 0 aliphatic carbocycles. The lowest BCUT2D eigenvalue weighted by molar-refractivity contribution is 0.0602. The van der Waals surface area contributed by atoms with Crippen LogP contribution in [0.1, 0.15) is 20.8 Å². The number of anilines is 2. The average Bonchev–Trinajstić information content (AvgIpc) is 3.07. The normalized spacial score (nSPS) is 10.4. The Balaban J connectivity index is 1.80. The number of halogens is 2. The van der Waals surface area contributed by atoms with Gasteiger partial charge in [-0.1, -0.05) is 59.6 Å². The predicted octanol–water partition coefficient (Wildman–Crippen LogP) is 6.24. The zero-order chi connectivity index (χ0) is 20.1. The Morgan fingerprint density at radius 2 is 1.86 bits per heavy atom. The smallest absolute Gasteiger partial charge is 0.340 e. The molecule has 0 radical (unpaired) electrons. The van der Waals surface area contributed by atoms with E-state index in [1.54, 1.807) is 18.2 Å². The highest BCUT2D eigenvalue weighted by molar-refractivity contribution is 7.80. The summed E-state index contributed by atoms with van der Waals surface area (Å²) in [4.78, 5) is 13.2. The third-order valence-corrected chi connectivity index (χ3v) is 5.91. The Morgan fingerprint density at radius 3 is 2.57 bits per heavy atom. The minimum absolute atomic E-state index is 0.294. The molecule has 0 amide bonds. The van der Waals surface area contributed by atoms with E-state index in [-0.39, 0.29) is 0 Å². The van der Waals surface area contributed by atoms with Crippen molar-refractivity contribution in [2.24, 2.45) is 0 Å². The van der Waals surface area contributed by atoms with Crippen LogP contribution in [0.15, 0.2) is 54.6 Å². The number of thiophene rings is 1. The lowest BCUT2D eigenvalue weighted by Crippen LogP contribution is -2.20. The highest BCUT2D eigenvalue weighted by atomic mass is 35.5. The molecule has 1 aromatic heterocycles. The van der Waals surface area contributed by atoms with Gasteiger partial charge in [-0.2, -0.15) is 0 Å². The fourth-order valence-electron chi connectivity index (χ4n) is 2.54. The van der Waals surface area contributed by atoms with Crippen LogP contribution in [0.25, 0.3) is 0 Å². The maximum Gasteiger partial charge on any atom is 0.340 e. The van der Waals surface area contributed by atoms with Gasteiger partial charge in [0.25, 0.3) is 0 Å². The topological polar surface area (TPSA) is 50.4 Å². The minimum Gasteiger partial charge on any atom is -0.465 e. The van der Waals surface area contributed by atoms with Crippen LogP contribution < -0.4 is 10.6 Å². The summed E-state index contributed by atoms with van der Waals surface area (Å²) in [5.41, 5.74) is 2.16. The van der Waals surface area contributed by atoms with Gasteiger partial charge in [0.15, 0.2) is 5.11 Å². The van der Waals surface area contributed by atoms with Crippen molar-refractivity contribution in [3.63, 3.8) is 0 Å². The van der Waals surface area contributed by atoms with Crippen molar-refractivity contribution in [3.05, 3.63) is 80.6 Å². The van der Waals surface area contributed by atoms with Gasteiger partial charge in [-0.3, -0.25) is 0 Å². The van der Waals surface area contributed by atoms with Gasteiger partial charge in [0, 0.05) is 11.3 Å².